The summed E-state index contributed by atoms with van der Waals surface area (Å²) in [6, 6.07) is 21.4. The topological polar surface area (TPSA) is 106 Å². The van der Waals surface area contributed by atoms with Gasteiger partial charge in [0.2, 0.25) is 16.4 Å². The van der Waals surface area contributed by atoms with Crippen LogP contribution in [-0.4, -0.2) is 47.1 Å². The van der Waals surface area contributed by atoms with Gasteiger partial charge < -0.3 is 15.2 Å². The Balaban J connectivity index is 0.00000156. The van der Waals surface area contributed by atoms with E-state index in [9.17, 15) is 13.2 Å². The Kier molecular flexibility index (Phi) is 12.0. The van der Waals surface area contributed by atoms with E-state index in [-0.39, 0.29) is 24.9 Å². The fourth-order valence-electron chi connectivity index (χ4n) is 7.59. The van der Waals surface area contributed by atoms with Crippen molar-refractivity contribution in [1.82, 2.24) is 13.8 Å². The van der Waals surface area contributed by atoms with Crippen LogP contribution in [0.25, 0.3) is 11.3 Å². The molecule has 0 saturated carbocycles. The molecule has 266 valence electrons. The van der Waals surface area contributed by atoms with Crippen molar-refractivity contribution in [2.75, 3.05) is 6.54 Å². The summed E-state index contributed by atoms with van der Waals surface area (Å²) in [7, 11) is -1.51. The summed E-state index contributed by atoms with van der Waals surface area (Å²) in [6.45, 7) is 10.1. The Labute approximate surface area is 298 Å². The number of benzene rings is 3. The summed E-state index contributed by atoms with van der Waals surface area (Å²) in [5.41, 5.74) is 15.6. The fraction of sp³-hybridized carbons (Fsp3) is 0.415. The van der Waals surface area contributed by atoms with Gasteiger partial charge in [-0.1, -0.05) is 69.2 Å². The van der Waals surface area contributed by atoms with Gasteiger partial charge in [0.05, 0.1) is 10.6 Å². The average Bonchev–Trinajstić information content (AvgIpc) is 3.36. The molecule has 2 N–H and O–H groups in total. The Hall–Kier alpha value is -4.21. The van der Waals surface area contributed by atoms with E-state index in [2.05, 4.69) is 69.3 Å². The van der Waals surface area contributed by atoms with Crippen molar-refractivity contribution in [3.63, 3.8) is 0 Å². The van der Waals surface area contributed by atoms with Crippen LogP contribution in [0.15, 0.2) is 71.6 Å². The predicted octanol–water partition coefficient (Wildman–Crippen LogP) is 7.12. The molecule has 0 radical (unpaired) electrons. The van der Waals surface area contributed by atoms with Crippen LogP contribution in [-0.2, 0) is 60.6 Å². The van der Waals surface area contributed by atoms with Gasteiger partial charge in [-0.2, -0.15) is 4.31 Å². The monoisotopic (exact) mass is 696 g/mol. The summed E-state index contributed by atoms with van der Waals surface area (Å²) >= 11 is 0. The number of nitrogens with zero attached hydrogens (tertiary/aromatic N) is 3. The number of rotatable bonds is 10. The van der Waals surface area contributed by atoms with Gasteiger partial charge in [-0.15, -0.1) is 0 Å². The number of carbonyl (C=O) groups is 2. The molecule has 50 heavy (non-hydrogen) atoms. The molecule has 8 nitrogen and oxygen atoms in total. The Morgan fingerprint density at radius 2 is 1.50 bits per heavy atom. The second-order valence-corrected chi connectivity index (χ2v) is 15.6. The number of aromatic nitrogens is 1. The van der Waals surface area contributed by atoms with Gasteiger partial charge >= 0.3 is 0 Å². The smallest absolute Gasteiger partial charge is 0.255 e. The molecule has 0 saturated heterocycles. The van der Waals surface area contributed by atoms with Gasteiger partial charge in [0.15, 0.2) is 0 Å². The maximum Gasteiger partial charge on any atom is 0.255 e. The zero-order valence-electron chi connectivity index (χ0n) is 30.2. The molecule has 6 rings (SSSR count). The first kappa shape index (κ1) is 37.1. The van der Waals surface area contributed by atoms with E-state index in [0.717, 1.165) is 67.3 Å². The second kappa shape index (κ2) is 16.2. The second-order valence-electron chi connectivity index (χ2n) is 13.6. The van der Waals surface area contributed by atoms with Crippen molar-refractivity contribution in [3.8, 4) is 11.3 Å². The molecular formula is C41H52N4O4S. The third kappa shape index (κ3) is 7.44. The molecule has 0 spiro atoms. The molecule has 0 unspecified atom stereocenters. The minimum absolute atomic E-state index is 0.0169. The van der Waals surface area contributed by atoms with Gasteiger partial charge in [-0.3, -0.25) is 9.59 Å². The summed E-state index contributed by atoms with van der Waals surface area (Å²) in [5.74, 6) is 0.0169. The first-order chi connectivity index (χ1) is 24.1. The molecule has 4 aromatic rings. The van der Waals surface area contributed by atoms with Crippen LogP contribution in [0.4, 0.5) is 0 Å². The number of primary amides is 1. The molecule has 1 aromatic heterocycles. The highest BCUT2D eigenvalue weighted by molar-refractivity contribution is 7.89. The maximum atomic E-state index is 14.9. The molecule has 9 heteroatoms. The van der Waals surface area contributed by atoms with E-state index in [1.54, 1.807) is 28.6 Å². The van der Waals surface area contributed by atoms with Crippen molar-refractivity contribution in [2.45, 2.75) is 103 Å². The number of unbranched alkanes of at least 4 members (excludes halogenated alkanes) is 2. The normalized spacial score (nSPS) is 15.9. The van der Waals surface area contributed by atoms with Crippen molar-refractivity contribution < 1.29 is 18.0 Å². The third-order valence-electron chi connectivity index (χ3n) is 10.4. The highest BCUT2D eigenvalue weighted by Gasteiger charge is 2.34. The molecule has 3 aromatic carbocycles. The third-order valence-corrected chi connectivity index (χ3v) is 12.3. The van der Waals surface area contributed by atoms with Crippen LogP contribution >= 0.6 is 0 Å². The van der Waals surface area contributed by atoms with E-state index in [1.807, 2.05) is 23.1 Å². The standard InChI is InChI=1S/C40H49N3O3S.CH3NO/c1-6-8-19-35-29(4)41(5)39(36(35)20-9-7-2)37-24-31-21-22-42(47(45,46)34-17-11-10-12-18-34)26-33(31)25-38(37)40(44)43-27-32-16-14-13-15-30(32)23-28(43)3;2-1-3/h10-18,24-25,28H,6-9,19-23,26-27H2,1-5H3;1H,(H2,2,3)/t28-;/m1./s1. The molecule has 2 amide bonds. The zero-order valence-corrected chi connectivity index (χ0v) is 31.1. The first-order valence-electron chi connectivity index (χ1n) is 18.0. The first-order valence-corrected chi connectivity index (χ1v) is 19.4. The largest absolute Gasteiger partial charge is 0.372 e. The lowest BCUT2D eigenvalue weighted by molar-refractivity contribution is -0.106. The maximum absolute atomic E-state index is 14.9. The Morgan fingerprint density at radius 3 is 2.16 bits per heavy atom. The van der Waals surface area contributed by atoms with Crippen molar-refractivity contribution in [3.05, 3.63) is 111 Å². The van der Waals surface area contributed by atoms with Gasteiger partial charge in [0.25, 0.3) is 5.91 Å². The lowest BCUT2D eigenvalue weighted by Crippen LogP contribution is -2.43. The number of sulfonamides is 1. The quantitative estimate of drug-likeness (QED) is 0.178. The highest BCUT2D eigenvalue weighted by Crippen LogP contribution is 2.39. The van der Waals surface area contributed by atoms with Crippen molar-refractivity contribution >= 4 is 22.3 Å². The molecule has 0 fully saturated rings. The number of amides is 2. The minimum Gasteiger partial charge on any atom is -0.372 e. The molecule has 2 aliphatic rings. The lowest BCUT2D eigenvalue weighted by Gasteiger charge is -2.36. The fourth-order valence-corrected chi connectivity index (χ4v) is 9.03. The van der Waals surface area contributed by atoms with E-state index in [4.69, 9.17) is 4.79 Å². The van der Waals surface area contributed by atoms with Crippen LogP contribution in [0.3, 0.4) is 0 Å². The van der Waals surface area contributed by atoms with E-state index >= 15 is 0 Å². The van der Waals surface area contributed by atoms with Crippen LogP contribution < -0.4 is 5.73 Å². The van der Waals surface area contributed by atoms with Crippen LogP contribution in [0.5, 0.6) is 0 Å². The number of hydrogen-bond donors (Lipinski definition) is 1. The zero-order chi connectivity index (χ0) is 36.0. The van der Waals surface area contributed by atoms with Crippen LogP contribution in [0, 0.1) is 6.92 Å². The summed E-state index contributed by atoms with van der Waals surface area (Å²) in [4.78, 5) is 25.8. The van der Waals surface area contributed by atoms with E-state index < -0.39 is 10.0 Å². The minimum atomic E-state index is -3.66. The van der Waals surface area contributed by atoms with Gasteiger partial charge in [0.1, 0.15) is 0 Å². The number of carbonyl (C=O) groups excluding carboxylic acids is 2. The molecule has 0 bridgehead atoms. The predicted molar refractivity (Wildman–Crippen MR) is 200 cm³/mol. The van der Waals surface area contributed by atoms with Crippen LogP contribution in [0.1, 0.15) is 95.9 Å². The summed E-state index contributed by atoms with van der Waals surface area (Å²) in [5, 5.41) is 0. The summed E-state index contributed by atoms with van der Waals surface area (Å²) in [6.07, 6.45) is 8.16. The molecule has 1 atom stereocenters. The van der Waals surface area contributed by atoms with Gasteiger partial charge in [-0.05, 0) is 110 Å². The molecule has 0 aliphatic carbocycles. The van der Waals surface area contributed by atoms with E-state index in [0.29, 0.717) is 30.0 Å². The Bertz CT molecular complexity index is 1930. The molecule has 3 heterocycles. The number of nitrogens with two attached hydrogens (primary N) is 1. The van der Waals surface area contributed by atoms with Crippen molar-refractivity contribution in [2.24, 2.45) is 12.8 Å². The number of fused-ring (bicyclic) bond motifs is 2. The molecule has 2 aliphatic heterocycles. The van der Waals surface area contributed by atoms with E-state index in [1.165, 1.54) is 27.9 Å². The van der Waals surface area contributed by atoms with Gasteiger partial charge in [-0.25, -0.2) is 8.42 Å². The lowest BCUT2D eigenvalue weighted by atomic mass is 9.88. The van der Waals surface area contributed by atoms with Crippen LogP contribution in [0.2, 0.25) is 0 Å². The van der Waals surface area contributed by atoms with Crippen molar-refractivity contribution in [1.29, 1.82) is 0 Å². The SMILES string of the molecule is CCCCc1c(CCCC)c(-c2cc3c(cc2C(=O)N2Cc4ccccc4C[C@H]2C)CN(S(=O)(=O)c2ccccc2)CC3)n(C)c1C.NC=O. The highest BCUT2D eigenvalue weighted by atomic mass is 32.2. The van der Waals surface area contributed by atoms with Gasteiger partial charge in [0, 0.05) is 49.5 Å². The Morgan fingerprint density at radius 1 is 0.880 bits per heavy atom. The average molecular weight is 697 g/mol. The molecular weight excluding hydrogens is 645 g/mol. The number of hydrogen-bond acceptors (Lipinski definition) is 4. The summed E-state index contributed by atoms with van der Waals surface area (Å²) < 4.78 is 31.2.